The second-order valence-electron chi connectivity index (χ2n) is 12.4. The topological polar surface area (TPSA) is 66.1 Å². The van der Waals surface area contributed by atoms with Gasteiger partial charge in [-0.1, -0.05) is 121 Å². The summed E-state index contributed by atoms with van der Waals surface area (Å²) in [6, 6.07) is 55.4. The SMILES string of the molecule is N#Cc1ccc2c3ccccc3n(-c3cccc4c3C(=O)N(c3c(-c5ccccc5)cc(-c5ccccc5)cc3-c3ccccc3)C4=O)c2c1. The number of fused-ring (bicyclic) bond motifs is 4. The molecule has 50 heavy (non-hydrogen) atoms. The van der Waals surface area contributed by atoms with Crippen molar-refractivity contribution in [3.8, 4) is 45.1 Å². The Morgan fingerprint density at radius 1 is 0.460 bits per heavy atom. The minimum Gasteiger partial charge on any atom is -0.308 e. The van der Waals surface area contributed by atoms with Crippen molar-refractivity contribution in [1.82, 2.24) is 4.57 Å². The average Bonchev–Trinajstić information content (AvgIpc) is 3.65. The average molecular weight is 642 g/mol. The van der Waals surface area contributed by atoms with Crippen LogP contribution in [0.15, 0.2) is 164 Å². The van der Waals surface area contributed by atoms with Crippen molar-refractivity contribution < 1.29 is 9.59 Å². The number of imide groups is 1. The second kappa shape index (κ2) is 11.6. The number of anilines is 1. The standard InChI is InChI=1S/C45H27N3O2/c46-28-29-23-24-35-34-19-10-11-21-39(34)47(41(35)25-29)40-22-12-20-36-42(40)45(50)48(44(36)49)43-37(31-15-6-2-7-16-31)26-33(30-13-4-1-5-14-30)27-38(43)32-17-8-3-9-18-32/h1-27H. The number of para-hydroxylation sites is 1. The first-order valence-corrected chi connectivity index (χ1v) is 16.4. The third-order valence-corrected chi connectivity index (χ3v) is 9.55. The summed E-state index contributed by atoms with van der Waals surface area (Å²) in [5.41, 5.74) is 9.30. The molecule has 5 nitrogen and oxygen atoms in total. The van der Waals surface area contributed by atoms with E-state index in [9.17, 15) is 10.1 Å². The lowest BCUT2D eigenvalue weighted by Gasteiger charge is -2.24. The van der Waals surface area contributed by atoms with Crippen LogP contribution in [0.25, 0.3) is 60.9 Å². The van der Waals surface area contributed by atoms with Gasteiger partial charge in [-0.3, -0.25) is 9.59 Å². The normalized spacial score (nSPS) is 12.4. The Balaban J connectivity index is 1.32. The van der Waals surface area contributed by atoms with E-state index < -0.39 is 5.91 Å². The highest BCUT2D eigenvalue weighted by molar-refractivity contribution is 6.37. The molecular formula is C45H27N3O2. The minimum atomic E-state index is -0.398. The number of carbonyl (C=O) groups is 2. The molecule has 2 heterocycles. The Morgan fingerprint density at radius 2 is 1.04 bits per heavy atom. The number of rotatable bonds is 5. The van der Waals surface area contributed by atoms with E-state index in [-0.39, 0.29) is 5.91 Å². The monoisotopic (exact) mass is 641 g/mol. The van der Waals surface area contributed by atoms with Crippen LogP contribution in [-0.2, 0) is 0 Å². The Bertz CT molecular complexity index is 2630. The Hall–Kier alpha value is -7.03. The molecule has 2 amide bonds. The molecule has 0 atom stereocenters. The van der Waals surface area contributed by atoms with Crippen molar-refractivity contribution in [1.29, 1.82) is 5.26 Å². The van der Waals surface area contributed by atoms with Gasteiger partial charge in [-0.25, -0.2) is 4.90 Å². The number of amides is 2. The Morgan fingerprint density at radius 3 is 1.68 bits per heavy atom. The van der Waals surface area contributed by atoms with Gasteiger partial charge in [0, 0.05) is 21.9 Å². The Labute approximate surface area is 288 Å². The van der Waals surface area contributed by atoms with Crippen LogP contribution >= 0.6 is 0 Å². The van der Waals surface area contributed by atoms with Gasteiger partial charge in [0.1, 0.15) is 0 Å². The summed E-state index contributed by atoms with van der Waals surface area (Å²) in [6.07, 6.45) is 0. The molecule has 9 rings (SSSR count). The zero-order chi connectivity index (χ0) is 33.8. The van der Waals surface area contributed by atoms with Gasteiger partial charge in [0.25, 0.3) is 11.8 Å². The van der Waals surface area contributed by atoms with E-state index >= 15 is 4.79 Å². The number of nitrogens with zero attached hydrogens (tertiary/aromatic N) is 3. The fourth-order valence-corrected chi connectivity index (χ4v) is 7.30. The molecule has 0 saturated carbocycles. The van der Waals surface area contributed by atoms with Crippen LogP contribution in [0.3, 0.4) is 0 Å². The highest BCUT2D eigenvalue weighted by atomic mass is 16.2. The predicted octanol–water partition coefficient (Wildman–Crippen LogP) is 10.5. The summed E-state index contributed by atoms with van der Waals surface area (Å²) < 4.78 is 2.01. The van der Waals surface area contributed by atoms with Crippen LogP contribution in [0.2, 0.25) is 0 Å². The summed E-state index contributed by atoms with van der Waals surface area (Å²) in [5, 5.41) is 11.7. The van der Waals surface area contributed by atoms with E-state index in [1.165, 1.54) is 4.90 Å². The van der Waals surface area contributed by atoms with E-state index in [0.717, 1.165) is 55.2 Å². The molecule has 0 unspecified atom stereocenters. The number of nitriles is 1. The lowest BCUT2D eigenvalue weighted by atomic mass is 9.90. The summed E-state index contributed by atoms with van der Waals surface area (Å²) in [7, 11) is 0. The van der Waals surface area contributed by atoms with Crippen molar-refractivity contribution in [3.63, 3.8) is 0 Å². The summed E-state index contributed by atoms with van der Waals surface area (Å²) in [5.74, 6) is -0.781. The minimum absolute atomic E-state index is 0.327. The molecule has 0 fully saturated rings. The van der Waals surface area contributed by atoms with Gasteiger partial charge >= 0.3 is 0 Å². The third kappa shape index (κ3) is 4.47. The highest BCUT2D eigenvalue weighted by Crippen LogP contribution is 2.47. The van der Waals surface area contributed by atoms with Gasteiger partial charge < -0.3 is 4.57 Å². The van der Waals surface area contributed by atoms with Crippen molar-refractivity contribution in [2.45, 2.75) is 0 Å². The second-order valence-corrected chi connectivity index (χ2v) is 12.4. The maximum atomic E-state index is 15.1. The number of carbonyl (C=O) groups excluding carboxylic acids is 2. The zero-order valence-electron chi connectivity index (χ0n) is 26.7. The molecule has 0 bridgehead atoms. The van der Waals surface area contributed by atoms with Crippen LogP contribution in [0.4, 0.5) is 5.69 Å². The first-order chi connectivity index (χ1) is 24.6. The molecule has 0 radical (unpaired) electrons. The number of hydrogen-bond acceptors (Lipinski definition) is 3. The van der Waals surface area contributed by atoms with Gasteiger partial charge in [-0.2, -0.15) is 5.26 Å². The zero-order valence-corrected chi connectivity index (χ0v) is 26.7. The summed E-state index contributed by atoms with van der Waals surface area (Å²) >= 11 is 0. The van der Waals surface area contributed by atoms with Gasteiger partial charge in [0.15, 0.2) is 0 Å². The Kier molecular flexibility index (Phi) is 6.75. The van der Waals surface area contributed by atoms with Gasteiger partial charge in [0.2, 0.25) is 0 Å². The fraction of sp³-hybridized carbons (Fsp3) is 0. The van der Waals surface area contributed by atoms with Crippen LogP contribution in [0.5, 0.6) is 0 Å². The lowest BCUT2D eigenvalue weighted by Crippen LogP contribution is -2.30. The molecule has 1 aliphatic heterocycles. The van der Waals surface area contributed by atoms with Crippen molar-refractivity contribution in [3.05, 3.63) is 180 Å². The molecule has 0 aliphatic carbocycles. The van der Waals surface area contributed by atoms with Crippen molar-refractivity contribution >= 4 is 39.3 Å². The number of hydrogen-bond donors (Lipinski definition) is 0. The third-order valence-electron chi connectivity index (χ3n) is 9.55. The number of aromatic nitrogens is 1. The first kappa shape index (κ1) is 29.1. The molecule has 0 saturated heterocycles. The molecule has 5 heteroatoms. The molecule has 7 aromatic carbocycles. The summed E-state index contributed by atoms with van der Waals surface area (Å²) in [4.78, 5) is 31.2. The van der Waals surface area contributed by atoms with Crippen LogP contribution in [0, 0.1) is 11.3 Å². The van der Waals surface area contributed by atoms with E-state index in [1.54, 1.807) is 12.1 Å². The van der Waals surface area contributed by atoms with Gasteiger partial charge in [-0.05, 0) is 64.7 Å². The van der Waals surface area contributed by atoms with E-state index in [0.29, 0.717) is 28.1 Å². The molecular weight excluding hydrogens is 615 g/mol. The summed E-state index contributed by atoms with van der Waals surface area (Å²) in [6.45, 7) is 0. The molecule has 0 N–H and O–H groups in total. The maximum Gasteiger partial charge on any atom is 0.268 e. The smallest absolute Gasteiger partial charge is 0.268 e. The molecule has 234 valence electrons. The maximum absolute atomic E-state index is 15.1. The quantitative estimate of drug-likeness (QED) is 0.176. The largest absolute Gasteiger partial charge is 0.308 e. The van der Waals surface area contributed by atoms with Gasteiger partial charge in [0.05, 0.1) is 45.2 Å². The van der Waals surface area contributed by atoms with E-state index in [4.69, 9.17) is 0 Å². The molecule has 1 aliphatic rings. The van der Waals surface area contributed by atoms with Crippen molar-refractivity contribution in [2.75, 3.05) is 4.90 Å². The van der Waals surface area contributed by atoms with Crippen LogP contribution in [0.1, 0.15) is 26.3 Å². The first-order valence-electron chi connectivity index (χ1n) is 16.4. The van der Waals surface area contributed by atoms with Crippen molar-refractivity contribution in [2.24, 2.45) is 0 Å². The van der Waals surface area contributed by atoms with Gasteiger partial charge in [-0.15, -0.1) is 0 Å². The number of benzene rings is 7. The van der Waals surface area contributed by atoms with Crippen LogP contribution in [-0.4, -0.2) is 16.4 Å². The predicted molar refractivity (Wildman–Crippen MR) is 199 cm³/mol. The lowest BCUT2D eigenvalue weighted by molar-refractivity contribution is 0.0926. The molecule has 8 aromatic rings. The van der Waals surface area contributed by atoms with E-state index in [2.05, 4.69) is 30.3 Å². The molecule has 0 spiro atoms. The fourth-order valence-electron chi connectivity index (χ4n) is 7.30. The highest BCUT2D eigenvalue weighted by Gasteiger charge is 2.41. The molecule has 1 aromatic heterocycles. The van der Waals surface area contributed by atoms with Crippen LogP contribution < -0.4 is 4.90 Å². The van der Waals surface area contributed by atoms with E-state index in [1.807, 2.05) is 132 Å².